The third-order valence-electron chi connectivity index (χ3n) is 3.23. The van der Waals surface area contributed by atoms with E-state index in [1.807, 2.05) is 0 Å². The van der Waals surface area contributed by atoms with Crippen LogP contribution in [0, 0.1) is 5.82 Å². The number of rotatable bonds is 5. The highest BCUT2D eigenvalue weighted by Gasteiger charge is 2.19. The number of aromatic nitrogens is 3. The third-order valence-corrected chi connectivity index (χ3v) is 3.23. The van der Waals surface area contributed by atoms with Crippen LogP contribution in [-0.2, 0) is 11.3 Å². The number of ether oxygens (including phenoxy) is 1. The molecule has 23 heavy (non-hydrogen) atoms. The Bertz CT molecular complexity index is 812. The molecule has 0 aliphatic rings. The zero-order valence-electron chi connectivity index (χ0n) is 12.4. The summed E-state index contributed by atoms with van der Waals surface area (Å²) in [5.74, 6) is -0.450. The van der Waals surface area contributed by atoms with Crippen molar-refractivity contribution in [2.45, 2.75) is 13.5 Å². The van der Waals surface area contributed by atoms with Crippen molar-refractivity contribution in [2.75, 3.05) is 6.61 Å². The predicted molar refractivity (Wildman–Crippen MR) is 79.2 cm³/mol. The van der Waals surface area contributed by atoms with E-state index in [9.17, 15) is 9.18 Å². The molecule has 3 aromatic rings. The lowest BCUT2D eigenvalue weighted by Gasteiger charge is -2.06. The first-order valence-electron chi connectivity index (χ1n) is 7.08. The molecule has 0 saturated carbocycles. The van der Waals surface area contributed by atoms with Gasteiger partial charge in [-0.3, -0.25) is 4.68 Å². The summed E-state index contributed by atoms with van der Waals surface area (Å²) in [5.41, 5.74) is 1.11. The Morgan fingerprint density at radius 1 is 1.35 bits per heavy atom. The number of nitrogens with zero attached hydrogens (tertiary/aromatic N) is 3. The summed E-state index contributed by atoms with van der Waals surface area (Å²) in [6.07, 6.45) is 1.49. The van der Waals surface area contributed by atoms with E-state index in [2.05, 4.69) is 10.3 Å². The number of hydrogen-bond donors (Lipinski definition) is 0. The minimum atomic E-state index is -0.541. The fourth-order valence-electron chi connectivity index (χ4n) is 2.18. The Morgan fingerprint density at radius 2 is 2.17 bits per heavy atom. The summed E-state index contributed by atoms with van der Waals surface area (Å²) in [6.45, 7) is 2.12. The van der Waals surface area contributed by atoms with Gasteiger partial charge in [0.2, 0.25) is 0 Å². The van der Waals surface area contributed by atoms with Crippen molar-refractivity contribution in [3.8, 4) is 11.5 Å². The van der Waals surface area contributed by atoms with Crippen LogP contribution in [0.5, 0.6) is 0 Å². The van der Waals surface area contributed by atoms with E-state index in [4.69, 9.17) is 9.26 Å². The molecule has 3 rings (SSSR count). The Balaban J connectivity index is 2.00. The van der Waals surface area contributed by atoms with Gasteiger partial charge in [0, 0.05) is 17.7 Å². The van der Waals surface area contributed by atoms with Gasteiger partial charge in [-0.15, -0.1) is 0 Å². The van der Waals surface area contributed by atoms with Gasteiger partial charge in [-0.1, -0.05) is 23.4 Å². The molecule has 0 radical (unpaired) electrons. The minimum Gasteiger partial charge on any atom is -0.461 e. The standard InChI is InChI=1S/C16H14FN3O3/c1-2-22-16(21)13-9-14(15-7-8-18-23-15)20(19-13)10-11-5-3-4-6-12(11)17/h3-9H,2,10H2,1H3. The molecule has 0 aliphatic heterocycles. The van der Waals surface area contributed by atoms with Gasteiger partial charge in [0.15, 0.2) is 11.5 Å². The molecule has 0 spiro atoms. The topological polar surface area (TPSA) is 70.2 Å². The van der Waals surface area contributed by atoms with Crippen LogP contribution in [0.1, 0.15) is 23.0 Å². The van der Waals surface area contributed by atoms with Crippen molar-refractivity contribution in [3.63, 3.8) is 0 Å². The van der Waals surface area contributed by atoms with Gasteiger partial charge >= 0.3 is 5.97 Å². The van der Waals surface area contributed by atoms with E-state index in [0.717, 1.165) is 0 Å². The molecule has 0 saturated heterocycles. The Kier molecular flexibility index (Phi) is 4.18. The molecule has 0 unspecified atom stereocenters. The van der Waals surface area contributed by atoms with Gasteiger partial charge in [0.25, 0.3) is 0 Å². The molecule has 0 N–H and O–H groups in total. The van der Waals surface area contributed by atoms with Gasteiger partial charge < -0.3 is 9.26 Å². The number of carbonyl (C=O) groups is 1. The Hall–Kier alpha value is -2.96. The summed E-state index contributed by atoms with van der Waals surface area (Å²) < 4.78 is 25.4. The first-order valence-corrected chi connectivity index (χ1v) is 7.08. The molecule has 118 valence electrons. The number of hydrogen-bond acceptors (Lipinski definition) is 5. The summed E-state index contributed by atoms with van der Waals surface area (Å²) in [6, 6.07) is 9.57. The number of esters is 1. The molecule has 7 heteroatoms. The SMILES string of the molecule is CCOC(=O)c1cc(-c2ccno2)n(Cc2ccccc2F)n1. The summed E-state index contributed by atoms with van der Waals surface area (Å²) in [7, 11) is 0. The second-order valence-corrected chi connectivity index (χ2v) is 4.76. The molecule has 0 amide bonds. The molecule has 0 atom stereocenters. The van der Waals surface area contributed by atoms with Crippen LogP contribution in [0.2, 0.25) is 0 Å². The number of benzene rings is 1. The molecular weight excluding hydrogens is 301 g/mol. The van der Waals surface area contributed by atoms with Crippen LogP contribution in [0.3, 0.4) is 0 Å². The second-order valence-electron chi connectivity index (χ2n) is 4.76. The molecule has 0 fully saturated rings. The summed E-state index contributed by atoms with van der Waals surface area (Å²) in [5, 5.41) is 7.86. The van der Waals surface area contributed by atoms with Crippen molar-refractivity contribution in [2.24, 2.45) is 0 Å². The zero-order valence-corrected chi connectivity index (χ0v) is 12.4. The van der Waals surface area contributed by atoms with Gasteiger partial charge in [0.05, 0.1) is 19.3 Å². The molecule has 0 bridgehead atoms. The van der Waals surface area contributed by atoms with Crippen molar-refractivity contribution >= 4 is 5.97 Å². The fraction of sp³-hybridized carbons (Fsp3) is 0.188. The summed E-state index contributed by atoms with van der Waals surface area (Å²) in [4.78, 5) is 11.9. The quantitative estimate of drug-likeness (QED) is 0.677. The van der Waals surface area contributed by atoms with E-state index < -0.39 is 5.97 Å². The van der Waals surface area contributed by atoms with E-state index in [1.165, 1.54) is 16.9 Å². The predicted octanol–water partition coefficient (Wildman–Crippen LogP) is 2.90. The monoisotopic (exact) mass is 315 g/mol. The van der Waals surface area contributed by atoms with Crippen LogP contribution in [0.4, 0.5) is 4.39 Å². The highest BCUT2D eigenvalue weighted by atomic mass is 19.1. The molecule has 2 heterocycles. The lowest BCUT2D eigenvalue weighted by molar-refractivity contribution is 0.0518. The van der Waals surface area contributed by atoms with Gasteiger partial charge in [-0.2, -0.15) is 5.10 Å². The van der Waals surface area contributed by atoms with Crippen molar-refractivity contribution < 1.29 is 18.4 Å². The highest BCUT2D eigenvalue weighted by Crippen LogP contribution is 2.22. The van der Waals surface area contributed by atoms with Crippen molar-refractivity contribution in [1.29, 1.82) is 0 Å². The maximum atomic E-state index is 13.9. The van der Waals surface area contributed by atoms with Crippen LogP contribution in [0.15, 0.2) is 47.1 Å². The van der Waals surface area contributed by atoms with Gasteiger partial charge in [0.1, 0.15) is 11.5 Å². The first kappa shape index (κ1) is 15.0. The first-order chi connectivity index (χ1) is 11.2. The maximum absolute atomic E-state index is 13.9. The molecule has 6 nitrogen and oxygen atoms in total. The highest BCUT2D eigenvalue weighted by molar-refractivity contribution is 5.88. The van der Waals surface area contributed by atoms with E-state index in [1.54, 1.807) is 37.3 Å². The number of carbonyl (C=O) groups excluding carboxylic acids is 1. The number of halogens is 1. The molecule has 2 aromatic heterocycles. The zero-order chi connectivity index (χ0) is 16.2. The van der Waals surface area contributed by atoms with Crippen molar-refractivity contribution in [3.05, 3.63) is 59.7 Å². The minimum absolute atomic E-state index is 0.134. The average Bonchev–Trinajstić information content (AvgIpc) is 3.19. The smallest absolute Gasteiger partial charge is 0.358 e. The lowest BCUT2D eigenvalue weighted by Crippen LogP contribution is -2.09. The molecular formula is C16H14FN3O3. The van der Waals surface area contributed by atoms with Crippen molar-refractivity contribution in [1.82, 2.24) is 14.9 Å². The van der Waals surface area contributed by atoms with Gasteiger partial charge in [-0.25, -0.2) is 9.18 Å². The maximum Gasteiger partial charge on any atom is 0.358 e. The fourth-order valence-corrected chi connectivity index (χ4v) is 2.18. The Morgan fingerprint density at radius 3 is 2.87 bits per heavy atom. The van der Waals surface area contributed by atoms with Gasteiger partial charge in [-0.05, 0) is 13.0 Å². The normalized spacial score (nSPS) is 10.7. The molecule has 0 aliphatic carbocycles. The van der Waals surface area contributed by atoms with Crippen LogP contribution < -0.4 is 0 Å². The summed E-state index contributed by atoms with van der Waals surface area (Å²) >= 11 is 0. The molecule has 1 aromatic carbocycles. The third kappa shape index (κ3) is 3.13. The van der Waals surface area contributed by atoms with E-state index in [-0.39, 0.29) is 24.7 Å². The average molecular weight is 315 g/mol. The second kappa shape index (κ2) is 6.43. The van der Waals surface area contributed by atoms with Crippen LogP contribution >= 0.6 is 0 Å². The lowest BCUT2D eigenvalue weighted by atomic mass is 10.2. The van der Waals surface area contributed by atoms with E-state index in [0.29, 0.717) is 17.0 Å². The largest absolute Gasteiger partial charge is 0.461 e. The Labute approximate surface area is 131 Å². The van der Waals surface area contributed by atoms with E-state index >= 15 is 0 Å². The van der Waals surface area contributed by atoms with Crippen LogP contribution in [0.25, 0.3) is 11.5 Å². The van der Waals surface area contributed by atoms with Crippen LogP contribution in [-0.4, -0.2) is 27.5 Å².